The third kappa shape index (κ3) is 3.58. The van der Waals surface area contributed by atoms with Crippen molar-refractivity contribution in [2.75, 3.05) is 0 Å². The highest BCUT2D eigenvalue weighted by Crippen LogP contribution is 2.30. The lowest BCUT2D eigenvalue weighted by Crippen LogP contribution is -2.14. The molecule has 0 fully saturated rings. The van der Waals surface area contributed by atoms with Crippen molar-refractivity contribution in [3.63, 3.8) is 0 Å². The fourth-order valence-corrected chi connectivity index (χ4v) is 1.81. The number of nitro groups is 1. The number of aliphatic hydroxyl groups excluding tert-OH is 1. The second kappa shape index (κ2) is 6.86. The van der Waals surface area contributed by atoms with Crippen LogP contribution in [0, 0.1) is 27.4 Å². The first-order valence-electron chi connectivity index (χ1n) is 6.15. The summed E-state index contributed by atoms with van der Waals surface area (Å²) in [6.45, 7) is 3.38. The molecule has 1 rings (SSSR count). The fourth-order valence-electron chi connectivity index (χ4n) is 1.65. The van der Waals surface area contributed by atoms with E-state index >= 15 is 0 Å². The number of rotatable bonds is 5. The molecule has 1 atom stereocenters. The molecule has 0 saturated carbocycles. The van der Waals surface area contributed by atoms with Crippen LogP contribution in [0.4, 0.5) is 5.69 Å². The minimum atomic E-state index is -0.736. The number of carbonyl (C=O) groups is 1. The number of allylic oxidation sites excluding steroid dienone is 1. The summed E-state index contributed by atoms with van der Waals surface area (Å²) in [5, 5.41) is 30.3. The van der Waals surface area contributed by atoms with Crippen LogP contribution in [0.5, 0.6) is 0 Å². The quantitative estimate of drug-likeness (QED) is 0.294. The van der Waals surface area contributed by atoms with E-state index in [2.05, 4.69) is 0 Å². The number of hydrogen-bond acceptors (Lipinski definition) is 5. The van der Waals surface area contributed by atoms with Gasteiger partial charge in [-0.15, -0.1) is 0 Å². The minimum absolute atomic E-state index is 0.116. The molecule has 0 heterocycles. The number of Topliss-reactive ketones (excluding diaryl/α,β-unsaturated/α-hetero) is 1. The summed E-state index contributed by atoms with van der Waals surface area (Å²) >= 11 is 5.68. The Labute approximate surface area is 126 Å². The summed E-state index contributed by atoms with van der Waals surface area (Å²) in [4.78, 5) is 22.3. The summed E-state index contributed by atoms with van der Waals surface area (Å²) < 4.78 is 0. The molecule has 0 aliphatic rings. The van der Waals surface area contributed by atoms with Gasteiger partial charge in [-0.2, -0.15) is 5.26 Å². The summed E-state index contributed by atoms with van der Waals surface area (Å²) in [5.74, 6) is -1.72. The average molecular weight is 309 g/mol. The molecule has 1 unspecified atom stereocenters. The molecular formula is C14H13ClN2O4. The predicted molar refractivity (Wildman–Crippen MR) is 77.7 cm³/mol. The monoisotopic (exact) mass is 308 g/mol. The third-order valence-electron chi connectivity index (χ3n) is 3.07. The van der Waals surface area contributed by atoms with Gasteiger partial charge < -0.3 is 5.11 Å². The molecule has 1 aromatic rings. The number of nitro benzene ring substituents is 1. The van der Waals surface area contributed by atoms with E-state index in [-0.39, 0.29) is 10.6 Å². The van der Waals surface area contributed by atoms with Crippen LogP contribution in [0.3, 0.4) is 0 Å². The topological polar surface area (TPSA) is 104 Å². The number of carbonyl (C=O) groups excluding carboxylic acids is 1. The van der Waals surface area contributed by atoms with E-state index in [1.807, 2.05) is 0 Å². The van der Waals surface area contributed by atoms with E-state index in [0.717, 1.165) is 6.07 Å². The first-order valence-corrected chi connectivity index (χ1v) is 6.53. The van der Waals surface area contributed by atoms with Crippen molar-refractivity contribution in [1.82, 2.24) is 0 Å². The maximum atomic E-state index is 12.0. The van der Waals surface area contributed by atoms with Crippen LogP contribution in [0.1, 0.15) is 25.8 Å². The maximum absolute atomic E-state index is 12.0. The zero-order valence-electron chi connectivity index (χ0n) is 11.5. The Bertz CT molecular complexity index is 661. The molecule has 110 valence electrons. The molecule has 1 aromatic carbocycles. The van der Waals surface area contributed by atoms with Gasteiger partial charge in [-0.25, -0.2) is 0 Å². The molecular weight excluding hydrogens is 296 g/mol. The second-order valence-corrected chi connectivity index (χ2v) is 4.86. The molecule has 21 heavy (non-hydrogen) atoms. The molecule has 1 N–H and O–H groups in total. The van der Waals surface area contributed by atoms with Gasteiger partial charge in [-0.05, 0) is 18.6 Å². The highest BCUT2D eigenvalue weighted by Gasteiger charge is 2.25. The SMILES string of the molecule is CCC(C)C(=O)/C(C#N)=C(\O)c1ccc(Cl)cc1[N+](=O)[O-]. The number of nitrogens with zero attached hydrogens (tertiary/aromatic N) is 2. The molecule has 0 aromatic heterocycles. The van der Waals surface area contributed by atoms with Crippen molar-refractivity contribution in [3.8, 4) is 6.07 Å². The molecule has 6 nitrogen and oxygen atoms in total. The zero-order valence-corrected chi connectivity index (χ0v) is 12.2. The van der Waals surface area contributed by atoms with Crippen molar-refractivity contribution in [3.05, 3.63) is 44.5 Å². The van der Waals surface area contributed by atoms with Crippen molar-refractivity contribution < 1.29 is 14.8 Å². The van der Waals surface area contributed by atoms with Crippen molar-refractivity contribution in [2.24, 2.45) is 5.92 Å². The van der Waals surface area contributed by atoms with Gasteiger partial charge in [0.1, 0.15) is 11.6 Å². The molecule has 0 aliphatic carbocycles. The lowest BCUT2D eigenvalue weighted by Gasteiger charge is -2.09. The molecule has 0 saturated heterocycles. The number of nitriles is 1. The number of benzene rings is 1. The Balaban J connectivity index is 3.50. The van der Waals surface area contributed by atoms with Gasteiger partial charge in [0, 0.05) is 17.0 Å². The van der Waals surface area contributed by atoms with Crippen LogP contribution in [0.15, 0.2) is 23.8 Å². The van der Waals surface area contributed by atoms with Gasteiger partial charge in [0.15, 0.2) is 11.5 Å². The van der Waals surface area contributed by atoms with Crippen LogP contribution >= 0.6 is 11.6 Å². The van der Waals surface area contributed by atoms with Crippen molar-refractivity contribution in [1.29, 1.82) is 5.26 Å². The van der Waals surface area contributed by atoms with Gasteiger partial charge in [0.05, 0.1) is 10.5 Å². The Hall–Kier alpha value is -2.39. The van der Waals surface area contributed by atoms with E-state index in [1.165, 1.54) is 12.1 Å². The van der Waals surface area contributed by atoms with Crippen LogP contribution < -0.4 is 0 Å². The Kier molecular flexibility index (Phi) is 5.44. The molecule has 0 amide bonds. The first kappa shape index (κ1) is 16.7. The second-order valence-electron chi connectivity index (χ2n) is 4.43. The zero-order chi connectivity index (χ0) is 16.2. The number of ketones is 1. The molecule has 7 heteroatoms. The summed E-state index contributed by atoms with van der Waals surface area (Å²) in [6, 6.07) is 5.21. The first-order chi connectivity index (χ1) is 9.83. The standard InChI is InChI=1S/C14H13ClN2O4/c1-3-8(2)13(18)11(7-16)14(19)10-5-4-9(15)6-12(10)17(20)21/h4-6,8,19H,3H2,1-2H3/b14-11-. The normalized spacial score (nSPS) is 13.0. The van der Waals surface area contributed by atoms with E-state index < -0.39 is 33.6 Å². The van der Waals surface area contributed by atoms with Crippen LogP contribution in [-0.2, 0) is 4.79 Å². The average Bonchev–Trinajstić information content (AvgIpc) is 2.46. The highest BCUT2D eigenvalue weighted by molar-refractivity contribution is 6.30. The van der Waals surface area contributed by atoms with E-state index in [9.17, 15) is 20.0 Å². The van der Waals surface area contributed by atoms with Crippen LogP contribution in [-0.4, -0.2) is 15.8 Å². The van der Waals surface area contributed by atoms with Gasteiger partial charge in [-0.3, -0.25) is 14.9 Å². The predicted octanol–water partition coefficient (Wildman–Crippen LogP) is 3.66. The lowest BCUT2D eigenvalue weighted by molar-refractivity contribution is -0.385. The summed E-state index contributed by atoms with van der Waals surface area (Å²) in [7, 11) is 0. The number of halogens is 1. The Morgan fingerprint density at radius 1 is 1.57 bits per heavy atom. The van der Waals surface area contributed by atoms with E-state index in [4.69, 9.17) is 16.9 Å². The lowest BCUT2D eigenvalue weighted by atomic mass is 9.95. The molecule has 0 radical (unpaired) electrons. The number of aliphatic hydroxyl groups is 1. The maximum Gasteiger partial charge on any atom is 0.281 e. The van der Waals surface area contributed by atoms with Gasteiger partial charge in [-0.1, -0.05) is 25.4 Å². The Morgan fingerprint density at radius 3 is 2.67 bits per heavy atom. The number of hydrogen-bond donors (Lipinski definition) is 1. The Morgan fingerprint density at radius 2 is 2.19 bits per heavy atom. The molecule has 0 aliphatic heterocycles. The fraction of sp³-hybridized carbons (Fsp3) is 0.286. The summed E-state index contributed by atoms with van der Waals surface area (Å²) in [5.41, 5.74) is -1.17. The van der Waals surface area contributed by atoms with Gasteiger partial charge in [0.2, 0.25) is 0 Å². The minimum Gasteiger partial charge on any atom is -0.506 e. The van der Waals surface area contributed by atoms with E-state index in [0.29, 0.717) is 6.42 Å². The highest BCUT2D eigenvalue weighted by atomic mass is 35.5. The largest absolute Gasteiger partial charge is 0.506 e. The van der Waals surface area contributed by atoms with Crippen LogP contribution in [0.2, 0.25) is 5.02 Å². The molecule has 0 spiro atoms. The van der Waals surface area contributed by atoms with Crippen LogP contribution in [0.25, 0.3) is 5.76 Å². The van der Waals surface area contributed by atoms with Gasteiger partial charge >= 0.3 is 0 Å². The summed E-state index contributed by atoms with van der Waals surface area (Å²) in [6.07, 6.45) is 0.486. The smallest absolute Gasteiger partial charge is 0.281 e. The van der Waals surface area contributed by atoms with Crippen molar-refractivity contribution >= 4 is 28.8 Å². The molecule has 0 bridgehead atoms. The van der Waals surface area contributed by atoms with Gasteiger partial charge in [0.25, 0.3) is 5.69 Å². The van der Waals surface area contributed by atoms with Crippen molar-refractivity contribution in [2.45, 2.75) is 20.3 Å². The van der Waals surface area contributed by atoms with E-state index in [1.54, 1.807) is 19.9 Å². The third-order valence-corrected chi connectivity index (χ3v) is 3.30.